The quantitative estimate of drug-likeness (QED) is 0.550. The van der Waals surface area contributed by atoms with Crippen LogP contribution in [0, 0.1) is 6.92 Å². The third-order valence-electron chi connectivity index (χ3n) is 3.94. The topological polar surface area (TPSA) is 46.4 Å². The number of nitrogens with one attached hydrogen (secondary N) is 1. The Morgan fingerprint density at radius 3 is 2.63 bits per heavy atom. The summed E-state index contributed by atoms with van der Waals surface area (Å²) in [4.78, 5) is 17.7. The van der Waals surface area contributed by atoms with Crippen LogP contribution in [0.2, 0.25) is 15.1 Å². The molecule has 8 heteroatoms. The molecule has 27 heavy (non-hydrogen) atoms. The Morgan fingerprint density at radius 1 is 1.15 bits per heavy atom. The van der Waals surface area contributed by atoms with Gasteiger partial charge in [-0.2, -0.15) is 0 Å². The van der Waals surface area contributed by atoms with E-state index in [-0.39, 0.29) is 12.3 Å². The molecule has 0 radical (unpaired) electrons. The van der Waals surface area contributed by atoms with Crippen molar-refractivity contribution in [3.8, 4) is 0 Å². The first-order valence-corrected chi connectivity index (χ1v) is 10.0. The molecule has 140 valence electrons. The number of anilines is 1. The highest BCUT2D eigenvalue weighted by Gasteiger charge is 2.10. The van der Waals surface area contributed by atoms with E-state index in [0.29, 0.717) is 26.4 Å². The second-order valence-corrected chi connectivity index (χ2v) is 8.05. The van der Waals surface area contributed by atoms with Crippen molar-refractivity contribution in [1.82, 2.24) is 4.57 Å². The highest BCUT2D eigenvalue weighted by atomic mass is 35.5. The molecule has 0 saturated heterocycles. The lowest BCUT2D eigenvalue weighted by Gasteiger charge is -2.07. The number of aryl methyl sites for hydroxylation is 1. The van der Waals surface area contributed by atoms with Gasteiger partial charge in [-0.3, -0.25) is 4.79 Å². The van der Waals surface area contributed by atoms with Gasteiger partial charge in [-0.05, 0) is 42.8 Å². The van der Waals surface area contributed by atoms with Crippen molar-refractivity contribution < 1.29 is 4.79 Å². The average molecular weight is 441 g/mol. The van der Waals surface area contributed by atoms with Crippen LogP contribution in [0.15, 0.2) is 46.8 Å². The van der Waals surface area contributed by atoms with E-state index in [4.69, 9.17) is 34.8 Å². The van der Waals surface area contributed by atoms with E-state index in [1.54, 1.807) is 24.3 Å². The predicted molar refractivity (Wildman–Crippen MR) is 113 cm³/mol. The molecule has 3 rings (SSSR count). The van der Waals surface area contributed by atoms with E-state index < -0.39 is 0 Å². The molecule has 1 N–H and O–H groups in total. The maximum absolute atomic E-state index is 12.4. The maximum Gasteiger partial charge on any atom is 0.230 e. The summed E-state index contributed by atoms with van der Waals surface area (Å²) in [5, 5.41) is 6.43. The van der Waals surface area contributed by atoms with Gasteiger partial charge in [-0.25, -0.2) is 4.99 Å². The number of halogens is 3. The average Bonchev–Trinajstić information content (AvgIpc) is 2.94. The SMILES string of the molecule is Cc1ccc(NC(=O)Cc2csc(=Nc3ccc(Cl)cc3Cl)n2C)cc1Cl. The van der Waals surface area contributed by atoms with Gasteiger partial charge in [-0.15, -0.1) is 11.3 Å². The van der Waals surface area contributed by atoms with E-state index in [1.165, 1.54) is 11.3 Å². The molecule has 0 aliphatic rings. The van der Waals surface area contributed by atoms with Crippen molar-refractivity contribution in [3.63, 3.8) is 0 Å². The largest absolute Gasteiger partial charge is 0.326 e. The van der Waals surface area contributed by atoms with Gasteiger partial charge in [0.25, 0.3) is 0 Å². The second kappa shape index (κ2) is 8.48. The molecule has 0 bridgehead atoms. The minimum absolute atomic E-state index is 0.126. The molecule has 0 aliphatic heterocycles. The fourth-order valence-electron chi connectivity index (χ4n) is 2.38. The molecule has 2 aromatic carbocycles. The van der Waals surface area contributed by atoms with Crippen LogP contribution in [0.4, 0.5) is 11.4 Å². The highest BCUT2D eigenvalue weighted by Crippen LogP contribution is 2.27. The van der Waals surface area contributed by atoms with Crippen LogP contribution < -0.4 is 10.1 Å². The van der Waals surface area contributed by atoms with Gasteiger partial charge in [0.05, 0.1) is 17.1 Å². The number of amides is 1. The van der Waals surface area contributed by atoms with E-state index in [9.17, 15) is 4.79 Å². The van der Waals surface area contributed by atoms with Crippen molar-refractivity contribution in [1.29, 1.82) is 0 Å². The molecule has 1 amide bonds. The van der Waals surface area contributed by atoms with Gasteiger partial charge in [0.2, 0.25) is 5.91 Å². The smallest absolute Gasteiger partial charge is 0.230 e. The predicted octanol–water partition coefficient (Wildman–Crippen LogP) is 5.77. The van der Waals surface area contributed by atoms with E-state index in [2.05, 4.69) is 10.3 Å². The molecule has 0 fully saturated rings. The first-order valence-electron chi connectivity index (χ1n) is 8.02. The zero-order valence-corrected chi connectivity index (χ0v) is 17.7. The lowest BCUT2D eigenvalue weighted by Crippen LogP contribution is -2.19. The number of thiazole rings is 1. The number of nitrogens with zero attached hydrogens (tertiary/aromatic N) is 2. The summed E-state index contributed by atoms with van der Waals surface area (Å²) >= 11 is 19.6. The summed E-state index contributed by atoms with van der Waals surface area (Å²) < 4.78 is 1.87. The van der Waals surface area contributed by atoms with Crippen LogP contribution in [-0.2, 0) is 18.3 Å². The third kappa shape index (κ3) is 4.93. The molecule has 4 nitrogen and oxygen atoms in total. The van der Waals surface area contributed by atoms with E-state index in [1.807, 2.05) is 36.1 Å². The van der Waals surface area contributed by atoms with Gasteiger partial charge in [0, 0.05) is 33.9 Å². The zero-order chi connectivity index (χ0) is 19.6. The third-order valence-corrected chi connectivity index (χ3v) is 5.85. The molecule has 0 saturated carbocycles. The molecule has 3 aromatic rings. The molecule has 0 atom stereocenters. The Hall–Kier alpha value is -1.79. The van der Waals surface area contributed by atoms with E-state index >= 15 is 0 Å². The Bertz CT molecular complexity index is 1070. The number of benzene rings is 2. The summed E-state index contributed by atoms with van der Waals surface area (Å²) in [6.45, 7) is 1.91. The summed E-state index contributed by atoms with van der Waals surface area (Å²) in [7, 11) is 1.87. The van der Waals surface area contributed by atoms with Crippen LogP contribution in [-0.4, -0.2) is 10.5 Å². The monoisotopic (exact) mass is 439 g/mol. The van der Waals surface area contributed by atoms with Crippen LogP contribution in [0.3, 0.4) is 0 Å². The number of rotatable bonds is 4. The van der Waals surface area contributed by atoms with Gasteiger partial charge in [0.1, 0.15) is 0 Å². The minimum Gasteiger partial charge on any atom is -0.326 e. The standard InChI is InChI=1S/C19H16Cl3N3OS/c1-11-3-5-13(8-15(11)21)23-18(26)9-14-10-27-19(25(14)2)24-17-6-4-12(20)7-16(17)22/h3-8,10H,9H2,1-2H3,(H,23,26). The number of aromatic nitrogens is 1. The highest BCUT2D eigenvalue weighted by molar-refractivity contribution is 7.07. The Kier molecular flexibility index (Phi) is 6.27. The summed E-state index contributed by atoms with van der Waals surface area (Å²) in [6, 6.07) is 10.6. The van der Waals surface area contributed by atoms with Crippen molar-refractivity contribution in [2.24, 2.45) is 12.0 Å². The first kappa shape index (κ1) is 20.0. The number of hydrogen-bond acceptors (Lipinski definition) is 3. The van der Waals surface area contributed by atoms with Gasteiger partial charge in [0.15, 0.2) is 4.80 Å². The van der Waals surface area contributed by atoms with Gasteiger partial charge >= 0.3 is 0 Å². The van der Waals surface area contributed by atoms with Gasteiger partial charge < -0.3 is 9.88 Å². The maximum atomic E-state index is 12.4. The van der Waals surface area contributed by atoms with Crippen molar-refractivity contribution >= 4 is 63.4 Å². The fourth-order valence-corrected chi connectivity index (χ4v) is 3.92. The number of carbonyl (C=O) groups excluding carboxylic acids is 1. The zero-order valence-electron chi connectivity index (χ0n) is 14.6. The molecule has 0 unspecified atom stereocenters. The van der Waals surface area contributed by atoms with Crippen molar-refractivity contribution in [2.75, 3.05) is 5.32 Å². The Labute approximate surface area is 176 Å². The van der Waals surface area contributed by atoms with Gasteiger partial charge in [-0.1, -0.05) is 40.9 Å². The van der Waals surface area contributed by atoms with Crippen LogP contribution in [0.1, 0.15) is 11.3 Å². The lowest BCUT2D eigenvalue weighted by atomic mass is 10.2. The molecule has 0 aliphatic carbocycles. The Morgan fingerprint density at radius 2 is 1.93 bits per heavy atom. The summed E-state index contributed by atoms with van der Waals surface area (Å²) in [5.41, 5.74) is 3.11. The lowest BCUT2D eigenvalue weighted by molar-refractivity contribution is -0.115. The molecular weight excluding hydrogens is 425 g/mol. The summed E-state index contributed by atoms with van der Waals surface area (Å²) in [6.07, 6.45) is 0.225. The van der Waals surface area contributed by atoms with E-state index in [0.717, 1.165) is 16.1 Å². The number of hydrogen-bond donors (Lipinski definition) is 1. The molecule has 1 heterocycles. The van der Waals surface area contributed by atoms with Crippen molar-refractivity contribution in [2.45, 2.75) is 13.3 Å². The number of carbonyl (C=O) groups is 1. The molecule has 0 spiro atoms. The Balaban J connectivity index is 1.77. The van der Waals surface area contributed by atoms with Crippen molar-refractivity contribution in [3.05, 3.63) is 72.9 Å². The first-order chi connectivity index (χ1) is 12.8. The molecule has 1 aromatic heterocycles. The van der Waals surface area contributed by atoms with Crippen LogP contribution in [0.25, 0.3) is 0 Å². The van der Waals surface area contributed by atoms with Crippen LogP contribution in [0.5, 0.6) is 0 Å². The molecular formula is C19H16Cl3N3OS. The fraction of sp³-hybridized carbons (Fsp3) is 0.158. The normalized spacial score (nSPS) is 11.7. The second-order valence-electron chi connectivity index (χ2n) is 5.97. The summed E-state index contributed by atoms with van der Waals surface area (Å²) in [5.74, 6) is -0.126. The van der Waals surface area contributed by atoms with Crippen LogP contribution >= 0.6 is 46.1 Å². The minimum atomic E-state index is -0.126.